The molecule has 0 fully saturated rings. The number of hydrogen-bond donors (Lipinski definition) is 0. The van der Waals surface area contributed by atoms with Crippen LogP contribution in [0, 0.1) is 0 Å². The molecule has 1 aromatic heterocycles. The van der Waals surface area contributed by atoms with Gasteiger partial charge in [-0.2, -0.15) is 0 Å². The zero-order chi connectivity index (χ0) is 16.4. The molecule has 23 heavy (non-hydrogen) atoms. The predicted octanol–water partition coefficient (Wildman–Crippen LogP) is 1.08. The molecule has 118 valence electrons. The molecule has 1 aliphatic heterocycles. The lowest BCUT2D eigenvalue weighted by molar-refractivity contribution is 0.0477. The number of pyridine rings is 1. The molecule has 2 heterocycles. The van der Waals surface area contributed by atoms with Crippen molar-refractivity contribution < 1.29 is 22.7 Å². The van der Waals surface area contributed by atoms with Crippen molar-refractivity contribution in [3.05, 3.63) is 59.9 Å². The third-order valence-electron chi connectivity index (χ3n) is 3.36. The van der Waals surface area contributed by atoms with Gasteiger partial charge in [0.05, 0.1) is 17.7 Å². The standard InChI is InChI=1S/C15H12N2O5S/c18-14-12-3-1-2-4-13(12)23(20,21)17(14)9-10-22-15(19)11-5-7-16-8-6-11/h1-8H,9-10H2. The quantitative estimate of drug-likeness (QED) is 0.778. The Morgan fingerprint density at radius 1 is 1.13 bits per heavy atom. The van der Waals surface area contributed by atoms with Crippen molar-refractivity contribution in [3.8, 4) is 0 Å². The van der Waals surface area contributed by atoms with Gasteiger partial charge in [-0.05, 0) is 24.3 Å². The molecule has 0 unspecified atom stereocenters. The van der Waals surface area contributed by atoms with E-state index in [1.165, 1.54) is 36.7 Å². The largest absolute Gasteiger partial charge is 0.460 e. The highest BCUT2D eigenvalue weighted by Crippen LogP contribution is 2.29. The van der Waals surface area contributed by atoms with Gasteiger partial charge in [0, 0.05) is 12.4 Å². The van der Waals surface area contributed by atoms with Crippen molar-refractivity contribution in [3.63, 3.8) is 0 Å². The summed E-state index contributed by atoms with van der Waals surface area (Å²) in [6, 6.07) is 8.95. The molecule has 1 aliphatic rings. The van der Waals surface area contributed by atoms with Gasteiger partial charge in [0.25, 0.3) is 15.9 Å². The first kappa shape index (κ1) is 15.2. The highest BCUT2D eigenvalue weighted by atomic mass is 32.2. The number of fused-ring (bicyclic) bond motifs is 1. The Balaban J connectivity index is 1.68. The first-order valence-electron chi connectivity index (χ1n) is 6.75. The van der Waals surface area contributed by atoms with Gasteiger partial charge in [-0.15, -0.1) is 0 Å². The zero-order valence-electron chi connectivity index (χ0n) is 11.9. The molecule has 1 aromatic carbocycles. The molecular weight excluding hydrogens is 320 g/mol. The van der Waals surface area contributed by atoms with Crippen LogP contribution in [0.15, 0.2) is 53.7 Å². The minimum Gasteiger partial charge on any atom is -0.460 e. The van der Waals surface area contributed by atoms with Crippen LogP contribution in [0.4, 0.5) is 0 Å². The smallest absolute Gasteiger partial charge is 0.338 e. The summed E-state index contributed by atoms with van der Waals surface area (Å²) in [5.41, 5.74) is 0.437. The van der Waals surface area contributed by atoms with Gasteiger partial charge in [-0.3, -0.25) is 9.78 Å². The molecule has 0 spiro atoms. The molecule has 1 amide bonds. The second-order valence-electron chi connectivity index (χ2n) is 4.75. The summed E-state index contributed by atoms with van der Waals surface area (Å²) >= 11 is 0. The second kappa shape index (κ2) is 5.81. The normalized spacial score (nSPS) is 15.3. The van der Waals surface area contributed by atoms with Crippen LogP contribution in [-0.2, 0) is 14.8 Å². The number of carbonyl (C=O) groups is 2. The highest BCUT2D eigenvalue weighted by molar-refractivity contribution is 7.90. The summed E-state index contributed by atoms with van der Waals surface area (Å²) in [5.74, 6) is -1.21. The van der Waals surface area contributed by atoms with Crippen molar-refractivity contribution in [1.82, 2.24) is 9.29 Å². The number of sulfonamides is 1. The topological polar surface area (TPSA) is 93.6 Å². The van der Waals surface area contributed by atoms with Gasteiger partial charge in [0.2, 0.25) is 0 Å². The Labute approximate surface area is 132 Å². The molecule has 2 aromatic rings. The Morgan fingerprint density at radius 2 is 1.83 bits per heavy atom. The number of nitrogens with zero attached hydrogens (tertiary/aromatic N) is 2. The molecular formula is C15H12N2O5S. The summed E-state index contributed by atoms with van der Waals surface area (Å²) in [6.07, 6.45) is 2.89. The van der Waals surface area contributed by atoms with E-state index in [9.17, 15) is 18.0 Å². The van der Waals surface area contributed by atoms with E-state index in [0.29, 0.717) is 5.56 Å². The van der Waals surface area contributed by atoms with Gasteiger partial charge < -0.3 is 4.74 Å². The maximum Gasteiger partial charge on any atom is 0.338 e. The van der Waals surface area contributed by atoms with E-state index in [1.807, 2.05) is 0 Å². The Bertz CT molecular complexity index is 864. The Hall–Kier alpha value is -2.74. The lowest BCUT2D eigenvalue weighted by atomic mass is 10.2. The van der Waals surface area contributed by atoms with Crippen LogP contribution < -0.4 is 0 Å². The van der Waals surface area contributed by atoms with E-state index in [4.69, 9.17) is 4.74 Å². The summed E-state index contributed by atoms with van der Waals surface area (Å²) in [5, 5.41) is 0. The van der Waals surface area contributed by atoms with Crippen molar-refractivity contribution in [2.75, 3.05) is 13.2 Å². The molecule has 0 atom stereocenters. The molecule has 8 heteroatoms. The number of esters is 1. The number of amides is 1. The fraction of sp³-hybridized carbons (Fsp3) is 0.133. The molecule has 0 aliphatic carbocycles. The molecule has 0 bridgehead atoms. The van der Waals surface area contributed by atoms with E-state index < -0.39 is 21.9 Å². The van der Waals surface area contributed by atoms with E-state index >= 15 is 0 Å². The van der Waals surface area contributed by atoms with Crippen LogP contribution in [-0.4, -0.2) is 42.7 Å². The van der Waals surface area contributed by atoms with Gasteiger partial charge in [0.1, 0.15) is 11.5 Å². The van der Waals surface area contributed by atoms with Gasteiger partial charge in [-0.1, -0.05) is 12.1 Å². The first-order valence-corrected chi connectivity index (χ1v) is 8.19. The molecule has 7 nitrogen and oxygen atoms in total. The second-order valence-corrected chi connectivity index (χ2v) is 6.58. The van der Waals surface area contributed by atoms with E-state index in [2.05, 4.69) is 4.98 Å². The minimum absolute atomic E-state index is 0.0227. The minimum atomic E-state index is -3.88. The average Bonchev–Trinajstić information content (AvgIpc) is 2.76. The Morgan fingerprint density at radius 3 is 2.52 bits per heavy atom. The van der Waals surface area contributed by atoms with Crippen LogP contribution in [0.25, 0.3) is 0 Å². The fourth-order valence-corrected chi connectivity index (χ4v) is 3.80. The van der Waals surface area contributed by atoms with Gasteiger partial charge in [0.15, 0.2) is 0 Å². The van der Waals surface area contributed by atoms with Crippen LogP contribution in [0.2, 0.25) is 0 Å². The summed E-state index contributed by atoms with van der Waals surface area (Å²) in [4.78, 5) is 27.7. The maximum absolute atomic E-state index is 12.3. The first-order chi connectivity index (χ1) is 11.0. The van der Waals surface area contributed by atoms with Crippen LogP contribution in [0.1, 0.15) is 20.7 Å². The van der Waals surface area contributed by atoms with Crippen LogP contribution >= 0.6 is 0 Å². The molecule has 0 N–H and O–H groups in total. The number of aromatic nitrogens is 1. The average molecular weight is 332 g/mol. The highest BCUT2D eigenvalue weighted by Gasteiger charge is 2.40. The third-order valence-corrected chi connectivity index (χ3v) is 5.20. The van der Waals surface area contributed by atoms with E-state index in [1.54, 1.807) is 12.1 Å². The summed E-state index contributed by atoms with van der Waals surface area (Å²) in [7, 11) is -3.88. The van der Waals surface area contributed by atoms with Crippen molar-refractivity contribution in [2.24, 2.45) is 0 Å². The maximum atomic E-state index is 12.3. The fourth-order valence-electron chi connectivity index (χ4n) is 2.24. The van der Waals surface area contributed by atoms with Crippen molar-refractivity contribution >= 4 is 21.9 Å². The zero-order valence-corrected chi connectivity index (χ0v) is 12.7. The lowest BCUT2D eigenvalue weighted by Crippen LogP contribution is -2.33. The molecule has 0 saturated carbocycles. The monoisotopic (exact) mass is 332 g/mol. The number of ether oxygens (including phenoxy) is 1. The van der Waals surface area contributed by atoms with Gasteiger partial charge >= 0.3 is 5.97 Å². The number of carbonyl (C=O) groups excluding carboxylic acids is 2. The molecule has 0 saturated heterocycles. The summed E-state index contributed by atoms with van der Waals surface area (Å²) < 4.78 is 30.3. The summed E-state index contributed by atoms with van der Waals surface area (Å²) in [6.45, 7) is -0.452. The van der Waals surface area contributed by atoms with E-state index in [-0.39, 0.29) is 23.6 Å². The van der Waals surface area contributed by atoms with Gasteiger partial charge in [-0.25, -0.2) is 17.5 Å². The van der Waals surface area contributed by atoms with Crippen LogP contribution in [0.5, 0.6) is 0 Å². The number of rotatable bonds is 4. The third kappa shape index (κ3) is 2.68. The molecule has 0 radical (unpaired) electrons. The SMILES string of the molecule is O=C(OCCN1C(=O)c2ccccc2S1(=O)=O)c1ccncc1. The van der Waals surface area contributed by atoms with Crippen molar-refractivity contribution in [2.45, 2.75) is 4.90 Å². The number of benzene rings is 1. The van der Waals surface area contributed by atoms with Crippen molar-refractivity contribution in [1.29, 1.82) is 0 Å². The predicted molar refractivity (Wildman–Crippen MR) is 79.2 cm³/mol. The molecule has 3 rings (SSSR count). The van der Waals surface area contributed by atoms with Crippen LogP contribution in [0.3, 0.4) is 0 Å². The Kier molecular flexibility index (Phi) is 3.83. The number of hydrogen-bond acceptors (Lipinski definition) is 6. The lowest BCUT2D eigenvalue weighted by Gasteiger charge is -2.14. The van der Waals surface area contributed by atoms with E-state index in [0.717, 1.165) is 4.31 Å².